The normalized spacial score (nSPS) is 13.3. The minimum Gasteiger partial charge on any atom is -0.480 e. The average Bonchev–Trinajstić information content (AvgIpc) is 2.46. The van der Waals surface area contributed by atoms with E-state index in [1.165, 1.54) is 6.07 Å². The maximum atomic E-state index is 11.4. The lowest BCUT2D eigenvalue weighted by molar-refractivity contribution is -0.138. The third-order valence-corrected chi connectivity index (χ3v) is 3.47. The molecule has 0 heterocycles. The largest absolute Gasteiger partial charge is 0.480 e. The van der Waals surface area contributed by atoms with Crippen molar-refractivity contribution in [2.45, 2.75) is 44.7 Å². The second kappa shape index (κ2) is 9.12. The Kier molecular flexibility index (Phi) is 7.50. The van der Waals surface area contributed by atoms with Crippen molar-refractivity contribution in [2.24, 2.45) is 11.5 Å². The van der Waals surface area contributed by atoms with E-state index in [9.17, 15) is 19.8 Å². The highest BCUT2D eigenvalue weighted by atomic mass is 16.4. The number of anilines is 1. The van der Waals surface area contributed by atoms with E-state index in [0.717, 1.165) is 6.42 Å². The summed E-state index contributed by atoms with van der Waals surface area (Å²) in [6, 6.07) is 3.88. The number of nitrogens with two attached hydrogens (primary N) is 2. The van der Waals surface area contributed by atoms with E-state index in [0.29, 0.717) is 37.1 Å². The van der Waals surface area contributed by atoms with Crippen molar-refractivity contribution in [3.8, 4) is 0 Å². The third kappa shape index (κ3) is 6.25. The first-order valence-corrected chi connectivity index (χ1v) is 7.66. The van der Waals surface area contributed by atoms with Crippen molar-refractivity contribution in [3.63, 3.8) is 0 Å². The summed E-state index contributed by atoms with van der Waals surface area (Å²) < 4.78 is 0. The number of nitrogens with one attached hydrogen (secondary N) is 1. The predicted octanol–water partition coefficient (Wildman–Crippen LogP) is 1.27. The van der Waals surface area contributed by atoms with E-state index in [1.54, 1.807) is 19.1 Å². The second-order valence-electron chi connectivity index (χ2n) is 5.68. The molecule has 0 aliphatic rings. The molecule has 7 N–H and O–H groups in total. The molecule has 0 aliphatic carbocycles. The van der Waals surface area contributed by atoms with Crippen LogP contribution in [0.3, 0.4) is 0 Å². The van der Waals surface area contributed by atoms with Gasteiger partial charge in [-0.3, -0.25) is 0 Å². The standard InChI is InChI=1S/C16H25N3O4/c1-10(18)8-11-5-6-12(9-13(11)15(20)21)19-14(16(22)23)4-2-3-7-17/h5-6,9-10,14,19H,2-4,7-8,17-18H2,1H3,(H,20,21)(H,22,23)/t10-,14+/m1/s1. The molecule has 23 heavy (non-hydrogen) atoms. The molecule has 0 saturated carbocycles. The molecule has 0 aliphatic heterocycles. The topological polar surface area (TPSA) is 139 Å². The molecule has 1 rings (SSSR count). The van der Waals surface area contributed by atoms with Crippen LogP contribution in [0.1, 0.15) is 42.1 Å². The number of aliphatic carboxylic acids is 1. The van der Waals surface area contributed by atoms with Gasteiger partial charge in [-0.1, -0.05) is 6.07 Å². The minimum atomic E-state index is -1.06. The summed E-state index contributed by atoms with van der Waals surface area (Å²) in [5, 5.41) is 21.5. The van der Waals surface area contributed by atoms with E-state index < -0.39 is 18.0 Å². The number of benzene rings is 1. The van der Waals surface area contributed by atoms with Gasteiger partial charge in [-0.25, -0.2) is 9.59 Å². The summed E-state index contributed by atoms with van der Waals surface area (Å²) in [6.07, 6.45) is 2.31. The Morgan fingerprint density at radius 1 is 1.26 bits per heavy atom. The summed E-state index contributed by atoms with van der Waals surface area (Å²) in [5.74, 6) is -2.03. The number of carbonyl (C=O) groups is 2. The smallest absolute Gasteiger partial charge is 0.336 e. The van der Waals surface area contributed by atoms with Crippen LogP contribution < -0.4 is 16.8 Å². The molecule has 0 bridgehead atoms. The van der Waals surface area contributed by atoms with Gasteiger partial charge >= 0.3 is 11.9 Å². The van der Waals surface area contributed by atoms with Crippen molar-refractivity contribution in [1.29, 1.82) is 0 Å². The lowest BCUT2D eigenvalue weighted by Gasteiger charge is -2.17. The highest BCUT2D eigenvalue weighted by molar-refractivity contribution is 5.91. The Labute approximate surface area is 135 Å². The molecule has 0 radical (unpaired) electrons. The Hall–Kier alpha value is -2.12. The van der Waals surface area contributed by atoms with Gasteiger partial charge in [0.05, 0.1) is 5.56 Å². The number of hydrogen-bond donors (Lipinski definition) is 5. The van der Waals surface area contributed by atoms with E-state index >= 15 is 0 Å². The second-order valence-corrected chi connectivity index (χ2v) is 5.68. The molecule has 128 valence electrons. The zero-order chi connectivity index (χ0) is 17.4. The number of carboxylic acid groups (broad SMARTS) is 2. The molecular weight excluding hydrogens is 298 g/mol. The molecule has 0 fully saturated rings. The highest BCUT2D eigenvalue weighted by Gasteiger charge is 2.18. The number of rotatable bonds is 10. The van der Waals surface area contributed by atoms with E-state index in [4.69, 9.17) is 11.5 Å². The van der Waals surface area contributed by atoms with Crippen molar-refractivity contribution < 1.29 is 19.8 Å². The Balaban J connectivity index is 2.92. The summed E-state index contributed by atoms with van der Waals surface area (Å²) >= 11 is 0. The maximum Gasteiger partial charge on any atom is 0.336 e. The summed E-state index contributed by atoms with van der Waals surface area (Å²) in [5.41, 5.74) is 12.4. The first kappa shape index (κ1) is 18.9. The number of carboxylic acids is 2. The van der Waals surface area contributed by atoms with Gasteiger partial charge < -0.3 is 27.0 Å². The van der Waals surface area contributed by atoms with Gasteiger partial charge in [0.1, 0.15) is 6.04 Å². The van der Waals surface area contributed by atoms with Crippen LogP contribution in [0.25, 0.3) is 0 Å². The molecule has 1 aromatic rings. The molecule has 0 unspecified atom stereocenters. The van der Waals surface area contributed by atoms with Gasteiger partial charge in [0, 0.05) is 11.7 Å². The van der Waals surface area contributed by atoms with Gasteiger partial charge in [-0.15, -0.1) is 0 Å². The van der Waals surface area contributed by atoms with E-state index in [1.807, 2.05) is 0 Å². The van der Waals surface area contributed by atoms with Crippen LogP contribution in [0.5, 0.6) is 0 Å². The van der Waals surface area contributed by atoms with Crippen molar-refractivity contribution in [2.75, 3.05) is 11.9 Å². The summed E-state index contributed by atoms with van der Waals surface area (Å²) in [6.45, 7) is 2.32. The van der Waals surface area contributed by atoms with Crippen molar-refractivity contribution in [1.82, 2.24) is 0 Å². The first-order valence-electron chi connectivity index (χ1n) is 7.66. The molecule has 2 atom stereocenters. The Morgan fingerprint density at radius 3 is 2.48 bits per heavy atom. The van der Waals surface area contributed by atoms with Crippen LogP contribution in [0.4, 0.5) is 5.69 Å². The van der Waals surface area contributed by atoms with Crippen molar-refractivity contribution >= 4 is 17.6 Å². The third-order valence-electron chi connectivity index (χ3n) is 3.47. The fourth-order valence-corrected chi connectivity index (χ4v) is 2.34. The monoisotopic (exact) mass is 323 g/mol. The SMILES string of the molecule is C[C@@H](N)Cc1ccc(N[C@@H](CCCCN)C(=O)O)cc1C(=O)O. The molecule has 7 nitrogen and oxygen atoms in total. The fraction of sp³-hybridized carbons (Fsp3) is 0.500. The Morgan fingerprint density at radius 2 is 1.96 bits per heavy atom. The number of unbranched alkanes of at least 4 members (excludes halogenated alkanes) is 1. The van der Waals surface area contributed by atoms with Gasteiger partial charge in [-0.2, -0.15) is 0 Å². The predicted molar refractivity (Wildman–Crippen MR) is 88.7 cm³/mol. The van der Waals surface area contributed by atoms with Crippen LogP contribution >= 0.6 is 0 Å². The van der Waals surface area contributed by atoms with Gasteiger partial charge in [0.25, 0.3) is 0 Å². The van der Waals surface area contributed by atoms with Crippen LogP contribution in [-0.4, -0.2) is 40.8 Å². The van der Waals surface area contributed by atoms with Crippen LogP contribution in [0, 0.1) is 0 Å². The van der Waals surface area contributed by atoms with Crippen molar-refractivity contribution in [3.05, 3.63) is 29.3 Å². The summed E-state index contributed by atoms with van der Waals surface area (Å²) in [4.78, 5) is 22.7. The van der Waals surface area contributed by atoms with Gasteiger partial charge in [-0.05, 0) is 56.8 Å². The zero-order valence-electron chi connectivity index (χ0n) is 13.3. The van der Waals surface area contributed by atoms with Crippen LogP contribution in [0.2, 0.25) is 0 Å². The molecule has 1 aromatic carbocycles. The van der Waals surface area contributed by atoms with Gasteiger partial charge in [0.2, 0.25) is 0 Å². The molecule has 0 spiro atoms. The minimum absolute atomic E-state index is 0.137. The van der Waals surface area contributed by atoms with Gasteiger partial charge in [0.15, 0.2) is 0 Å². The lowest BCUT2D eigenvalue weighted by atomic mass is 10.00. The fourth-order valence-electron chi connectivity index (χ4n) is 2.34. The molecule has 0 aromatic heterocycles. The maximum absolute atomic E-state index is 11.4. The van der Waals surface area contributed by atoms with E-state index in [2.05, 4.69) is 5.32 Å². The first-order chi connectivity index (χ1) is 10.8. The molecule has 7 heteroatoms. The average molecular weight is 323 g/mol. The Bertz CT molecular complexity index is 546. The lowest BCUT2D eigenvalue weighted by Crippen LogP contribution is -2.29. The quantitative estimate of drug-likeness (QED) is 0.409. The number of hydrogen-bond acceptors (Lipinski definition) is 5. The number of aromatic carboxylic acids is 1. The van der Waals surface area contributed by atoms with Crippen LogP contribution in [-0.2, 0) is 11.2 Å². The highest BCUT2D eigenvalue weighted by Crippen LogP contribution is 2.19. The molecule has 0 amide bonds. The zero-order valence-corrected chi connectivity index (χ0v) is 13.3. The van der Waals surface area contributed by atoms with E-state index in [-0.39, 0.29) is 11.6 Å². The summed E-state index contributed by atoms with van der Waals surface area (Å²) in [7, 11) is 0. The molecular formula is C16H25N3O4. The molecule has 0 saturated heterocycles. The van der Waals surface area contributed by atoms with Crippen LogP contribution in [0.15, 0.2) is 18.2 Å².